The summed E-state index contributed by atoms with van der Waals surface area (Å²) in [5.41, 5.74) is -0.404. The minimum absolute atomic E-state index is 0.158. The Morgan fingerprint density at radius 1 is 1.33 bits per heavy atom. The van der Waals surface area contributed by atoms with Crippen molar-refractivity contribution in [2.24, 2.45) is 4.99 Å². The van der Waals surface area contributed by atoms with Crippen molar-refractivity contribution in [1.29, 1.82) is 0 Å². The number of benzene rings is 1. The van der Waals surface area contributed by atoms with Crippen LogP contribution >= 0.6 is 11.8 Å². The molecule has 0 aromatic heterocycles. The van der Waals surface area contributed by atoms with Gasteiger partial charge in [-0.1, -0.05) is 17.8 Å². The van der Waals surface area contributed by atoms with Crippen molar-refractivity contribution in [2.75, 3.05) is 11.1 Å². The first-order chi connectivity index (χ1) is 8.26. The first kappa shape index (κ1) is 13.3. The maximum absolute atomic E-state index is 12.5. The Bertz CT molecular complexity index is 480. The molecule has 0 atom stereocenters. The van der Waals surface area contributed by atoms with Crippen molar-refractivity contribution in [3.63, 3.8) is 0 Å². The summed E-state index contributed by atoms with van der Waals surface area (Å²) in [6, 6.07) is 5.13. The van der Waals surface area contributed by atoms with Crippen molar-refractivity contribution < 1.29 is 13.2 Å². The molecule has 0 saturated heterocycles. The molecule has 0 radical (unpaired) electrons. The molecule has 0 saturated carbocycles. The van der Waals surface area contributed by atoms with Crippen LogP contribution in [0.2, 0.25) is 0 Å². The lowest BCUT2D eigenvalue weighted by Crippen LogP contribution is -2.15. The number of hydrogen-bond donors (Lipinski definition) is 1. The summed E-state index contributed by atoms with van der Waals surface area (Å²) in [6.45, 7) is 3.97. The summed E-state index contributed by atoms with van der Waals surface area (Å²) in [7, 11) is 0. The van der Waals surface area contributed by atoms with Gasteiger partial charge in [-0.25, -0.2) is 0 Å². The third-order valence-electron chi connectivity index (χ3n) is 2.41. The quantitative estimate of drug-likeness (QED) is 0.837. The van der Waals surface area contributed by atoms with Gasteiger partial charge in [0.2, 0.25) is 0 Å². The van der Waals surface area contributed by atoms with E-state index in [1.807, 2.05) is 13.8 Å². The van der Waals surface area contributed by atoms with Crippen LogP contribution in [-0.2, 0) is 6.18 Å². The molecule has 1 aliphatic rings. The van der Waals surface area contributed by atoms with Crippen LogP contribution in [0.4, 0.5) is 18.9 Å². The standard InChI is InChI=1S/C12H13F3N2S/c1-11(2)7-18-10(17-11)16-9-5-3-4-8(6-9)12(13,14)15/h3-6H,7H2,1-2H3,(H,16,17). The van der Waals surface area contributed by atoms with Gasteiger partial charge in [0, 0.05) is 11.4 Å². The minimum atomic E-state index is -4.32. The molecule has 0 amide bonds. The Morgan fingerprint density at radius 2 is 2.06 bits per heavy atom. The zero-order valence-corrected chi connectivity index (χ0v) is 10.8. The molecule has 1 N–H and O–H groups in total. The van der Waals surface area contributed by atoms with E-state index in [-0.39, 0.29) is 5.54 Å². The minimum Gasteiger partial charge on any atom is -0.335 e. The molecule has 1 aromatic carbocycles. The van der Waals surface area contributed by atoms with E-state index in [9.17, 15) is 13.2 Å². The van der Waals surface area contributed by atoms with Gasteiger partial charge >= 0.3 is 6.18 Å². The van der Waals surface area contributed by atoms with Crippen molar-refractivity contribution in [3.05, 3.63) is 29.8 Å². The lowest BCUT2D eigenvalue weighted by molar-refractivity contribution is -0.137. The number of nitrogens with zero attached hydrogens (tertiary/aromatic N) is 1. The van der Waals surface area contributed by atoms with Crippen LogP contribution in [0, 0.1) is 0 Å². The molecule has 1 aromatic rings. The number of amidine groups is 1. The normalized spacial score (nSPS) is 18.6. The summed E-state index contributed by atoms with van der Waals surface area (Å²) in [5, 5.41) is 3.59. The Hall–Kier alpha value is -1.17. The first-order valence-electron chi connectivity index (χ1n) is 5.43. The third kappa shape index (κ3) is 3.19. The van der Waals surface area contributed by atoms with Crippen LogP contribution in [0.3, 0.4) is 0 Å². The summed E-state index contributed by atoms with van der Waals surface area (Å²) in [5.74, 6) is 0.828. The monoisotopic (exact) mass is 274 g/mol. The van der Waals surface area contributed by atoms with Crippen LogP contribution in [0.1, 0.15) is 19.4 Å². The van der Waals surface area contributed by atoms with Crippen LogP contribution in [-0.4, -0.2) is 16.5 Å². The zero-order chi connectivity index (χ0) is 13.4. The Morgan fingerprint density at radius 3 is 2.61 bits per heavy atom. The SMILES string of the molecule is CC1(C)CSC(Nc2cccc(C(F)(F)F)c2)=N1. The predicted molar refractivity (Wildman–Crippen MR) is 69.0 cm³/mol. The topological polar surface area (TPSA) is 24.4 Å². The van der Waals surface area contributed by atoms with Gasteiger partial charge in [0.15, 0.2) is 5.17 Å². The van der Waals surface area contributed by atoms with E-state index in [0.717, 1.165) is 17.9 Å². The van der Waals surface area contributed by atoms with E-state index in [1.165, 1.54) is 17.8 Å². The third-order valence-corrected chi connectivity index (χ3v) is 3.73. The van der Waals surface area contributed by atoms with Gasteiger partial charge in [-0.05, 0) is 32.0 Å². The molecule has 98 valence electrons. The Labute approximate surface area is 108 Å². The maximum atomic E-state index is 12.5. The second-order valence-electron chi connectivity index (χ2n) is 4.72. The molecular weight excluding hydrogens is 261 g/mol. The number of hydrogen-bond acceptors (Lipinski definition) is 3. The molecule has 1 heterocycles. The Kier molecular flexibility index (Phi) is 3.31. The molecule has 2 rings (SSSR count). The van der Waals surface area contributed by atoms with Gasteiger partial charge in [-0.3, -0.25) is 4.99 Å². The zero-order valence-electron chi connectivity index (χ0n) is 10.0. The number of nitrogens with one attached hydrogen (secondary N) is 1. The van der Waals surface area contributed by atoms with Gasteiger partial charge in [0.05, 0.1) is 11.1 Å². The molecular formula is C12H13F3N2S. The largest absolute Gasteiger partial charge is 0.416 e. The number of halogens is 3. The van der Waals surface area contributed by atoms with Gasteiger partial charge in [0.25, 0.3) is 0 Å². The average molecular weight is 274 g/mol. The molecule has 2 nitrogen and oxygen atoms in total. The van der Waals surface area contributed by atoms with Gasteiger partial charge in [-0.15, -0.1) is 0 Å². The van der Waals surface area contributed by atoms with E-state index in [4.69, 9.17) is 0 Å². The van der Waals surface area contributed by atoms with Gasteiger partial charge in [-0.2, -0.15) is 13.2 Å². The van der Waals surface area contributed by atoms with Crippen LogP contribution < -0.4 is 5.32 Å². The average Bonchev–Trinajstić information content (AvgIpc) is 2.57. The Balaban J connectivity index is 2.16. The summed E-state index contributed by atoms with van der Waals surface area (Å²) in [6.07, 6.45) is -4.32. The second-order valence-corrected chi connectivity index (χ2v) is 5.69. The second kappa shape index (κ2) is 4.50. The van der Waals surface area contributed by atoms with E-state index < -0.39 is 11.7 Å². The van der Waals surface area contributed by atoms with Crippen LogP contribution in [0.5, 0.6) is 0 Å². The lowest BCUT2D eigenvalue weighted by atomic mass is 10.1. The molecule has 1 aliphatic heterocycles. The molecule has 0 unspecified atom stereocenters. The van der Waals surface area contributed by atoms with Crippen LogP contribution in [0.15, 0.2) is 29.3 Å². The predicted octanol–water partition coefficient (Wildman–Crippen LogP) is 4.00. The van der Waals surface area contributed by atoms with E-state index >= 15 is 0 Å². The van der Waals surface area contributed by atoms with E-state index in [1.54, 1.807) is 6.07 Å². The smallest absolute Gasteiger partial charge is 0.335 e. The first-order valence-corrected chi connectivity index (χ1v) is 6.42. The maximum Gasteiger partial charge on any atom is 0.416 e. The summed E-state index contributed by atoms with van der Waals surface area (Å²) < 4.78 is 37.6. The molecule has 6 heteroatoms. The van der Waals surface area contributed by atoms with Crippen molar-refractivity contribution in [1.82, 2.24) is 0 Å². The summed E-state index contributed by atoms with van der Waals surface area (Å²) in [4.78, 5) is 4.39. The van der Waals surface area contributed by atoms with Gasteiger partial charge < -0.3 is 5.32 Å². The fourth-order valence-corrected chi connectivity index (χ4v) is 2.60. The molecule has 0 fully saturated rings. The molecule has 0 bridgehead atoms. The number of rotatable bonds is 1. The fraction of sp³-hybridized carbons (Fsp3) is 0.417. The highest BCUT2D eigenvalue weighted by atomic mass is 32.2. The van der Waals surface area contributed by atoms with Crippen molar-refractivity contribution in [3.8, 4) is 0 Å². The highest BCUT2D eigenvalue weighted by molar-refractivity contribution is 8.14. The molecule has 0 spiro atoms. The van der Waals surface area contributed by atoms with Crippen molar-refractivity contribution >= 4 is 22.6 Å². The molecule has 0 aliphatic carbocycles. The highest BCUT2D eigenvalue weighted by Crippen LogP contribution is 2.32. The lowest BCUT2D eigenvalue weighted by Gasteiger charge is -2.10. The fourth-order valence-electron chi connectivity index (χ4n) is 1.55. The van der Waals surface area contributed by atoms with Crippen molar-refractivity contribution in [2.45, 2.75) is 25.6 Å². The van der Waals surface area contributed by atoms with Gasteiger partial charge in [0.1, 0.15) is 0 Å². The number of alkyl halides is 3. The highest BCUT2D eigenvalue weighted by Gasteiger charge is 2.31. The summed E-state index contributed by atoms with van der Waals surface area (Å²) >= 11 is 1.52. The number of thioether (sulfide) groups is 1. The number of anilines is 1. The van der Waals surface area contributed by atoms with Crippen LogP contribution in [0.25, 0.3) is 0 Å². The van der Waals surface area contributed by atoms with E-state index in [0.29, 0.717) is 10.9 Å². The molecule has 18 heavy (non-hydrogen) atoms. The number of aliphatic imine (C=N–C) groups is 1. The van der Waals surface area contributed by atoms with E-state index in [2.05, 4.69) is 10.3 Å².